The maximum atomic E-state index is 5.99. The van der Waals surface area contributed by atoms with Crippen LogP contribution in [0.4, 0.5) is 0 Å². The normalized spacial score (nSPS) is 12.5. The smallest absolute Gasteiger partial charge is 0.244 e. The Hall–Kier alpha value is -2.08. The fourth-order valence-corrected chi connectivity index (χ4v) is 1.75. The molecule has 2 rings (SSSR count). The van der Waals surface area contributed by atoms with Gasteiger partial charge in [-0.3, -0.25) is 0 Å². The van der Waals surface area contributed by atoms with E-state index in [1.807, 2.05) is 19.9 Å². The van der Waals surface area contributed by atoms with Crippen molar-refractivity contribution in [3.8, 4) is 22.9 Å². The van der Waals surface area contributed by atoms with Crippen LogP contribution >= 0.6 is 0 Å². The number of aromatic nitrogens is 2. The predicted molar refractivity (Wildman–Crippen MR) is 74.6 cm³/mol. The summed E-state index contributed by atoms with van der Waals surface area (Å²) in [6.07, 6.45) is 0. The Labute approximate surface area is 117 Å². The fourth-order valence-electron chi connectivity index (χ4n) is 1.75. The molecule has 2 aromatic rings. The minimum atomic E-state index is -0.267. The molecule has 1 heterocycles. The molecule has 2 N–H and O–H groups in total. The number of nitrogens with zero attached hydrogens (tertiary/aromatic N) is 2. The molecular formula is C14H19N3O3. The molecule has 0 fully saturated rings. The van der Waals surface area contributed by atoms with Crippen LogP contribution in [0.5, 0.6) is 11.5 Å². The molecule has 108 valence electrons. The molecule has 0 aliphatic carbocycles. The summed E-state index contributed by atoms with van der Waals surface area (Å²) in [7, 11) is 3.17. The predicted octanol–water partition coefficient (Wildman–Crippen LogP) is 2.41. The maximum Gasteiger partial charge on any atom is 0.244 e. The van der Waals surface area contributed by atoms with Gasteiger partial charge in [0, 0.05) is 5.56 Å². The number of hydrogen-bond donors (Lipinski definition) is 1. The molecule has 0 bridgehead atoms. The van der Waals surface area contributed by atoms with E-state index in [4.69, 9.17) is 19.7 Å². The third-order valence-corrected chi connectivity index (χ3v) is 3.09. The number of methoxy groups -OCH3 is 2. The Balaban J connectivity index is 2.33. The van der Waals surface area contributed by atoms with E-state index >= 15 is 0 Å². The lowest BCUT2D eigenvalue weighted by atomic mass is 10.1. The summed E-state index contributed by atoms with van der Waals surface area (Å²) in [6.45, 7) is 4.01. The lowest BCUT2D eigenvalue weighted by Gasteiger charge is -2.09. The highest BCUT2D eigenvalue weighted by Crippen LogP contribution is 2.31. The highest BCUT2D eigenvalue weighted by atomic mass is 16.5. The minimum absolute atomic E-state index is 0.230. The molecule has 0 saturated heterocycles. The van der Waals surface area contributed by atoms with Crippen molar-refractivity contribution in [2.45, 2.75) is 19.9 Å². The second-order valence-electron chi connectivity index (χ2n) is 4.80. The third-order valence-electron chi connectivity index (χ3n) is 3.09. The van der Waals surface area contributed by atoms with Gasteiger partial charge in [-0.15, -0.1) is 0 Å². The van der Waals surface area contributed by atoms with Gasteiger partial charge in [0.25, 0.3) is 0 Å². The van der Waals surface area contributed by atoms with Crippen LogP contribution in [0.15, 0.2) is 22.7 Å². The average molecular weight is 277 g/mol. The minimum Gasteiger partial charge on any atom is -0.493 e. The van der Waals surface area contributed by atoms with E-state index in [0.29, 0.717) is 23.2 Å². The monoisotopic (exact) mass is 277 g/mol. The second-order valence-corrected chi connectivity index (χ2v) is 4.80. The second kappa shape index (κ2) is 5.92. The molecule has 0 radical (unpaired) electrons. The summed E-state index contributed by atoms with van der Waals surface area (Å²) in [5.41, 5.74) is 6.78. The van der Waals surface area contributed by atoms with Gasteiger partial charge in [0.2, 0.25) is 11.7 Å². The molecule has 1 atom stereocenters. The van der Waals surface area contributed by atoms with Crippen LogP contribution < -0.4 is 15.2 Å². The number of nitrogens with two attached hydrogens (primary N) is 1. The van der Waals surface area contributed by atoms with Gasteiger partial charge in [-0.25, -0.2) is 0 Å². The molecular weight excluding hydrogens is 258 g/mol. The summed E-state index contributed by atoms with van der Waals surface area (Å²) in [4.78, 5) is 4.33. The van der Waals surface area contributed by atoms with Crippen molar-refractivity contribution < 1.29 is 14.0 Å². The molecule has 1 aromatic carbocycles. The van der Waals surface area contributed by atoms with Crippen LogP contribution in [-0.2, 0) is 0 Å². The van der Waals surface area contributed by atoms with Crippen LogP contribution in [0.1, 0.15) is 25.8 Å². The fraction of sp³-hybridized carbons (Fsp3) is 0.429. The summed E-state index contributed by atoms with van der Waals surface area (Å²) >= 11 is 0. The highest BCUT2D eigenvalue weighted by Gasteiger charge is 2.19. The van der Waals surface area contributed by atoms with Crippen molar-refractivity contribution in [2.75, 3.05) is 14.2 Å². The first-order valence-electron chi connectivity index (χ1n) is 6.38. The lowest BCUT2D eigenvalue weighted by molar-refractivity contribution is 0.325. The molecule has 0 aliphatic heterocycles. The molecule has 1 unspecified atom stereocenters. The third kappa shape index (κ3) is 2.75. The van der Waals surface area contributed by atoms with E-state index in [0.717, 1.165) is 5.56 Å². The van der Waals surface area contributed by atoms with E-state index in [1.54, 1.807) is 26.4 Å². The first kappa shape index (κ1) is 14.3. The quantitative estimate of drug-likeness (QED) is 0.903. The zero-order valence-electron chi connectivity index (χ0n) is 12.1. The number of hydrogen-bond acceptors (Lipinski definition) is 6. The first-order chi connectivity index (χ1) is 9.56. The van der Waals surface area contributed by atoms with Crippen molar-refractivity contribution in [1.82, 2.24) is 10.1 Å². The summed E-state index contributed by atoms with van der Waals surface area (Å²) in [6, 6.07) is 5.18. The molecule has 0 spiro atoms. The SMILES string of the molecule is COc1ccc(-c2noc(C(N)C(C)C)n2)cc1OC. The van der Waals surface area contributed by atoms with Crippen LogP contribution in [-0.4, -0.2) is 24.4 Å². The van der Waals surface area contributed by atoms with Crippen LogP contribution in [0.25, 0.3) is 11.4 Å². The van der Waals surface area contributed by atoms with Crippen LogP contribution in [0.3, 0.4) is 0 Å². The molecule has 1 aromatic heterocycles. The Kier molecular flexibility index (Phi) is 4.24. The van der Waals surface area contributed by atoms with E-state index in [2.05, 4.69) is 10.1 Å². The topological polar surface area (TPSA) is 83.4 Å². The van der Waals surface area contributed by atoms with Gasteiger partial charge < -0.3 is 19.7 Å². The van der Waals surface area contributed by atoms with Crippen LogP contribution in [0.2, 0.25) is 0 Å². The Bertz CT molecular complexity index is 581. The largest absolute Gasteiger partial charge is 0.493 e. The van der Waals surface area contributed by atoms with Gasteiger partial charge in [0.15, 0.2) is 11.5 Å². The van der Waals surface area contributed by atoms with Gasteiger partial charge in [-0.2, -0.15) is 4.98 Å². The number of ether oxygens (including phenoxy) is 2. The van der Waals surface area contributed by atoms with Crippen molar-refractivity contribution in [2.24, 2.45) is 11.7 Å². The highest BCUT2D eigenvalue weighted by molar-refractivity contribution is 5.60. The summed E-state index contributed by atoms with van der Waals surface area (Å²) in [5.74, 6) is 2.42. The van der Waals surface area contributed by atoms with Crippen molar-refractivity contribution >= 4 is 0 Å². The van der Waals surface area contributed by atoms with Crippen molar-refractivity contribution in [1.29, 1.82) is 0 Å². The lowest BCUT2D eigenvalue weighted by Crippen LogP contribution is -2.16. The zero-order valence-corrected chi connectivity index (χ0v) is 12.1. The van der Waals surface area contributed by atoms with Crippen molar-refractivity contribution in [3.63, 3.8) is 0 Å². The van der Waals surface area contributed by atoms with Gasteiger partial charge in [-0.1, -0.05) is 19.0 Å². The molecule has 0 saturated carbocycles. The van der Waals surface area contributed by atoms with E-state index in [-0.39, 0.29) is 12.0 Å². The first-order valence-corrected chi connectivity index (χ1v) is 6.38. The standard InChI is InChI=1S/C14H19N3O3/c1-8(2)12(15)14-16-13(17-20-14)9-5-6-10(18-3)11(7-9)19-4/h5-8,12H,15H2,1-4H3. The van der Waals surface area contributed by atoms with E-state index in [1.165, 1.54) is 0 Å². The van der Waals surface area contributed by atoms with E-state index in [9.17, 15) is 0 Å². The summed E-state index contributed by atoms with van der Waals surface area (Å²) in [5, 5.41) is 3.96. The average Bonchev–Trinajstić information content (AvgIpc) is 2.95. The number of rotatable bonds is 5. The van der Waals surface area contributed by atoms with Gasteiger partial charge in [-0.05, 0) is 24.1 Å². The molecule has 6 heteroatoms. The van der Waals surface area contributed by atoms with E-state index < -0.39 is 0 Å². The molecule has 6 nitrogen and oxygen atoms in total. The Morgan fingerprint density at radius 1 is 1.15 bits per heavy atom. The molecule has 0 aliphatic rings. The Morgan fingerprint density at radius 3 is 2.45 bits per heavy atom. The summed E-state index contributed by atoms with van der Waals surface area (Å²) < 4.78 is 15.7. The zero-order chi connectivity index (χ0) is 14.7. The molecule has 20 heavy (non-hydrogen) atoms. The number of benzene rings is 1. The van der Waals surface area contributed by atoms with Gasteiger partial charge >= 0.3 is 0 Å². The van der Waals surface area contributed by atoms with Gasteiger partial charge in [0.1, 0.15) is 0 Å². The maximum absolute atomic E-state index is 5.99. The van der Waals surface area contributed by atoms with Crippen molar-refractivity contribution in [3.05, 3.63) is 24.1 Å². The van der Waals surface area contributed by atoms with Crippen LogP contribution in [0, 0.1) is 5.92 Å². The Morgan fingerprint density at radius 2 is 1.85 bits per heavy atom. The molecule has 0 amide bonds. The van der Waals surface area contributed by atoms with Gasteiger partial charge in [0.05, 0.1) is 20.3 Å².